The molecule has 2 atom stereocenters. The number of aryl methyl sites for hydroxylation is 2. The van der Waals surface area contributed by atoms with E-state index in [0.717, 1.165) is 29.0 Å². The van der Waals surface area contributed by atoms with Gasteiger partial charge in [-0.2, -0.15) is 0 Å². The lowest BCUT2D eigenvalue weighted by Crippen LogP contribution is -2.48. The molecule has 0 fully saturated rings. The van der Waals surface area contributed by atoms with E-state index in [4.69, 9.17) is 4.74 Å². The van der Waals surface area contributed by atoms with Gasteiger partial charge >= 0.3 is 0 Å². The van der Waals surface area contributed by atoms with Crippen LogP contribution < -0.4 is 14.4 Å². The molecular formula is C29H34N2O4S. The van der Waals surface area contributed by atoms with Crippen LogP contribution in [-0.2, 0) is 27.7 Å². The Morgan fingerprint density at radius 2 is 1.58 bits per heavy atom. The smallest absolute Gasteiger partial charge is 0.244 e. The third-order valence-corrected chi connectivity index (χ3v) is 7.90. The molecule has 0 heterocycles. The second-order valence-electron chi connectivity index (χ2n) is 9.35. The first kappa shape index (κ1) is 25.8. The highest BCUT2D eigenvalue weighted by atomic mass is 32.2. The van der Waals surface area contributed by atoms with Crippen molar-refractivity contribution in [3.8, 4) is 11.5 Å². The van der Waals surface area contributed by atoms with Gasteiger partial charge in [-0.05, 0) is 92.1 Å². The van der Waals surface area contributed by atoms with E-state index < -0.39 is 16.1 Å². The van der Waals surface area contributed by atoms with Crippen LogP contribution in [0.15, 0.2) is 72.8 Å². The SMILES string of the molecule is CCC(NC(=O)C(C)N(c1ccc(Oc2ccccc2)cc1)S(C)(=O)=O)c1ccc2c(c1)CCCC2. The molecule has 0 spiro atoms. The van der Waals surface area contributed by atoms with Crippen LogP contribution in [0.2, 0.25) is 0 Å². The van der Waals surface area contributed by atoms with Crippen LogP contribution in [0, 0.1) is 0 Å². The van der Waals surface area contributed by atoms with Crippen molar-refractivity contribution in [3.05, 3.63) is 89.5 Å². The summed E-state index contributed by atoms with van der Waals surface area (Å²) in [5, 5.41) is 3.09. The number of sulfonamides is 1. The van der Waals surface area contributed by atoms with E-state index in [1.165, 1.54) is 24.0 Å². The van der Waals surface area contributed by atoms with Crippen LogP contribution >= 0.6 is 0 Å². The Labute approximate surface area is 214 Å². The minimum Gasteiger partial charge on any atom is -0.457 e. The Bertz CT molecular complexity index is 1290. The number of nitrogens with one attached hydrogen (secondary N) is 1. The number of nitrogens with zero attached hydrogens (tertiary/aromatic N) is 1. The van der Waals surface area contributed by atoms with Crippen molar-refractivity contribution in [1.82, 2.24) is 5.32 Å². The van der Waals surface area contributed by atoms with Crippen LogP contribution in [0.5, 0.6) is 11.5 Å². The average molecular weight is 507 g/mol. The first-order valence-corrected chi connectivity index (χ1v) is 14.4. The first-order valence-electron chi connectivity index (χ1n) is 12.5. The van der Waals surface area contributed by atoms with Gasteiger partial charge < -0.3 is 10.1 Å². The number of hydrogen-bond donors (Lipinski definition) is 1. The van der Waals surface area contributed by atoms with E-state index in [-0.39, 0.29) is 11.9 Å². The number of benzene rings is 3. The fourth-order valence-electron chi connectivity index (χ4n) is 4.78. The van der Waals surface area contributed by atoms with Crippen molar-refractivity contribution in [1.29, 1.82) is 0 Å². The lowest BCUT2D eigenvalue weighted by Gasteiger charge is -2.30. The largest absolute Gasteiger partial charge is 0.457 e. The average Bonchev–Trinajstić information content (AvgIpc) is 2.87. The molecule has 6 nitrogen and oxygen atoms in total. The molecule has 0 aromatic heterocycles. The van der Waals surface area contributed by atoms with Gasteiger partial charge in [0, 0.05) is 0 Å². The Balaban J connectivity index is 1.51. The van der Waals surface area contributed by atoms with Gasteiger partial charge in [0.05, 0.1) is 18.0 Å². The summed E-state index contributed by atoms with van der Waals surface area (Å²) in [6, 6.07) is 21.4. The number of hydrogen-bond acceptors (Lipinski definition) is 4. The van der Waals surface area contributed by atoms with Crippen molar-refractivity contribution in [2.45, 2.75) is 58.0 Å². The lowest BCUT2D eigenvalue weighted by atomic mass is 9.88. The fourth-order valence-corrected chi connectivity index (χ4v) is 5.95. The van der Waals surface area contributed by atoms with E-state index in [0.29, 0.717) is 23.6 Å². The predicted molar refractivity (Wildman–Crippen MR) is 144 cm³/mol. The van der Waals surface area contributed by atoms with E-state index in [1.807, 2.05) is 37.3 Å². The molecule has 1 N–H and O–H groups in total. The van der Waals surface area contributed by atoms with Crippen LogP contribution in [0.1, 0.15) is 55.8 Å². The molecule has 190 valence electrons. The van der Waals surface area contributed by atoms with Crippen molar-refractivity contribution in [2.75, 3.05) is 10.6 Å². The van der Waals surface area contributed by atoms with Gasteiger partial charge in [0.1, 0.15) is 17.5 Å². The van der Waals surface area contributed by atoms with Gasteiger partial charge in [-0.25, -0.2) is 8.42 Å². The predicted octanol–water partition coefficient (Wildman–Crippen LogP) is 5.78. The normalized spacial score (nSPS) is 14.9. The quantitative estimate of drug-likeness (QED) is 0.399. The number of carbonyl (C=O) groups is 1. The summed E-state index contributed by atoms with van der Waals surface area (Å²) in [6.45, 7) is 3.64. The number of ether oxygens (including phenoxy) is 1. The summed E-state index contributed by atoms with van der Waals surface area (Å²) < 4.78 is 32.5. The fraction of sp³-hybridized carbons (Fsp3) is 0.345. The zero-order chi connectivity index (χ0) is 25.7. The molecule has 1 aliphatic rings. The zero-order valence-electron chi connectivity index (χ0n) is 21.1. The van der Waals surface area contributed by atoms with Gasteiger partial charge in [0.2, 0.25) is 15.9 Å². The van der Waals surface area contributed by atoms with Crippen molar-refractivity contribution in [2.24, 2.45) is 0 Å². The number of rotatable bonds is 9. The third kappa shape index (κ3) is 6.08. The summed E-state index contributed by atoms with van der Waals surface area (Å²) in [5.41, 5.74) is 4.21. The van der Waals surface area contributed by atoms with E-state index in [2.05, 4.69) is 23.5 Å². The molecule has 0 bridgehead atoms. The highest BCUT2D eigenvalue weighted by Gasteiger charge is 2.30. The molecule has 0 saturated heterocycles. The number of anilines is 1. The molecule has 36 heavy (non-hydrogen) atoms. The summed E-state index contributed by atoms with van der Waals surface area (Å²) >= 11 is 0. The summed E-state index contributed by atoms with van der Waals surface area (Å²) in [4.78, 5) is 13.3. The van der Waals surface area contributed by atoms with Gasteiger partial charge in [-0.15, -0.1) is 0 Å². The Morgan fingerprint density at radius 3 is 2.22 bits per heavy atom. The Morgan fingerprint density at radius 1 is 0.944 bits per heavy atom. The second kappa shape index (κ2) is 11.2. The second-order valence-corrected chi connectivity index (χ2v) is 11.2. The minimum atomic E-state index is -3.72. The number of amides is 1. The number of para-hydroxylation sites is 1. The first-order chi connectivity index (χ1) is 17.3. The monoisotopic (exact) mass is 506 g/mol. The highest BCUT2D eigenvalue weighted by molar-refractivity contribution is 7.92. The van der Waals surface area contributed by atoms with Gasteiger partial charge in [0.15, 0.2) is 0 Å². The maximum absolute atomic E-state index is 13.3. The molecule has 1 aliphatic carbocycles. The third-order valence-electron chi connectivity index (χ3n) is 6.66. The van der Waals surface area contributed by atoms with Crippen LogP contribution in [0.25, 0.3) is 0 Å². The van der Waals surface area contributed by atoms with Crippen LogP contribution in [0.3, 0.4) is 0 Å². The molecule has 3 aromatic carbocycles. The molecule has 1 amide bonds. The van der Waals surface area contributed by atoms with Gasteiger partial charge in [-0.3, -0.25) is 9.10 Å². The molecule has 4 rings (SSSR count). The summed E-state index contributed by atoms with van der Waals surface area (Å²) in [5.74, 6) is 0.925. The van der Waals surface area contributed by atoms with Crippen molar-refractivity contribution >= 4 is 21.6 Å². The van der Waals surface area contributed by atoms with E-state index in [1.54, 1.807) is 31.2 Å². The van der Waals surface area contributed by atoms with Crippen LogP contribution in [0.4, 0.5) is 5.69 Å². The molecule has 3 aromatic rings. The summed E-state index contributed by atoms with van der Waals surface area (Å²) in [7, 11) is -3.72. The van der Waals surface area contributed by atoms with Crippen LogP contribution in [-0.4, -0.2) is 26.6 Å². The minimum absolute atomic E-state index is 0.185. The van der Waals surface area contributed by atoms with Crippen molar-refractivity contribution in [3.63, 3.8) is 0 Å². The lowest BCUT2D eigenvalue weighted by molar-refractivity contribution is -0.122. The summed E-state index contributed by atoms with van der Waals surface area (Å²) in [6.07, 6.45) is 6.41. The zero-order valence-corrected chi connectivity index (χ0v) is 21.9. The molecule has 7 heteroatoms. The van der Waals surface area contributed by atoms with Gasteiger partial charge in [0.25, 0.3) is 0 Å². The number of carbonyl (C=O) groups excluding carboxylic acids is 1. The highest BCUT2D eigenvalue weighted by Crippen LogP contribution is 2.29. The molecule has 2 unspecified atom stereocenters. The number of fused-ring (bicyclic) bond motifs is 1. The van der Waals surface area contributed by atoms with Gasteiger partial charge in [-0.1, -0.05) is 43.3 Å². The molecule has 0 aliphatic heterocycles. The molecular weight excluding hydrogens is 472 g/mol. The maximum Gasteiger partial charge on any atom is 0.244 e. The Kier molecular flexibility index (Phi) is 7.99. The van der Waals surface area contributed by atoms with Crippen molar-refractivity contribution < 1.29 is 17.9 Å². The molecule has 0 radical (unpaired) electrons. The Hall–Kier alpha value is -3.32. The topological polar surface area (TPSA) is 75.7 Å². The molecule has 0 saturated carbocycles. The van der Waals surface area contributed by atoms with E-state index >= 15 is 0 Å². The van der Waals surface area contributed by atoms with E-state index in [9.17, 15) is 13.2 Å². The maximum atomic E-state index is 13.3. The standard InChI is InChI=1S/C29H34N2O4S/c1-4-28(24-15-14-22-10-8-9-11-23(22)20-24)30-29(32)21(2)31(36(3,33)34)25-16-18-27(19-17-25)35-26-12-6-5-7-13-26/h5-7,12-21,28H,4,8-11H2,1-3H3,(H,30,32).